The van der Waals surface area contributed by atoms with Crippen LogP contribution in [0, 0.1) is 0 Å². The van der Waals surface area contributed by atoms with Crippen molar-refractivity contribution in [2.24, 2.45) is 0 Å². The highest BCUT2D eigenvalue weighted by molar-refractivity contribution is 5.91. The van der Waals surface area contributed by atoms with E-state index in [2.05, 4.69) is 5.10 Å². The van der Waals surface area contributed by atoms with Crippen LogP contribution in [0.3, 0.4) is 0 Å². The summed E-state index contributed by atoms with van der Waals surface area (Å²) in [7, 11) is 0. The summed E-state index contributed by atoms with van der Waals surface area (Å²) in [4.78, 5) is 24.8. The van der Waals surface area contributed by atoms with Crippen LogP contribution in [-0.4, -0.2) is 39.1 Å². The summed E-state index contributed by atoms with van der Waals surface area (Å²) >= 11 is 0. The number of rotatable bonds is 2. The molecule has 7 nitrogen and oxygen atoms in total. The molecule has 0 saturated carbocycles. The van der Waals surface area contributed by atoms with E-state index in [9.17, 15) is 27.9 Å². The lowest BCUT2D eigenvalue weighted by Gasteiger charge is -2.30. The minimum Gasteiger partial charge on any atom is -0.478 e. The number of amides is 1. The van der Waals surface area contributed by atoms with Crippen LogP contribution in [0.15, 0.2) is 24.3 Å². The summed E-state index contributed by atoms with van der Waals surface area (Å²) in [6.45, 7) is 4.94. The molecule has 3 rings (SSSR count). The van der Waals surface area contributed by atoms with Gasteiger partial charge < -0.3 is 9.84 Å². The van der Waals surface area contributed by atoms with Gasteiger partial charge in [0.2, 0.25) is 0 Å². The summed E-state index contributed by atoms with van der Waals surface area (Å²) in [6, 6.07) is 5.46. The molecule has 1 amide bonds. The number of fused-ring (bicyclic) bond motifs is 1. The molecule has 2 aromatic rings. The van der Waals surface area contributed by atoms with E-state index in [4.69, 9.17) is 4.74 Å². The Kier molecular flexibility index (Phi) is 5.06. The first-order chi connectivity index (χ1) is 13.4. The monoisotopic (exact) mass is 411 g/mol. The molecule has 0 aliphatic carbocycles. The van der Waals surface area contributed by atoms with Crippen molar-refractivity contribution in [3.8, 4) is 5.69 Å². The maximum Gasteiger partial charge on any atom is 0.437 e. The van der Waals surface area contributed by atoms with Crippen LogP contribution >= 0.6 is 0 Å². The van der Waals surface area contributed by atoms with Crippen LogP contribution in [0.4, 0.5) is 23.7 Å². The molecule has 10 heteroatoms. The van der Waals surface area contributed by atoms with Gasteiger partial charge in [-0.15, -0.1) is 0 Å². The van der Waals surface area contributed by atoms with Gasteiger partial charge in [0.05, 0.1) is 16.9 Å². The Morgan fingerprint density at radius 1 is 1.21 bits per heavy atom. The van der Waals surface area contributed by atoms with E-state index in [1.54, 1.807) is 20.8 Å². The molecule has 1 N–H and O–H groups in total. The number of benzene rings is 1. The van der Waals surface area contributed by atoms with Crippen molar-refractivity contribution in [1.29, 1.82) is 0 Å². The maximum atomic E-state index is 13.7. The van der Waals surface area contributed by atoms with Gasteiger partial charge >= 0.3 is 18.2 Å². The second kappa shape index (κ2) is 7.09. The lowest BCUT2D eigenvalue weighted by molar-refractivity contribution is -0.140. The van der Waals surface area contributed by atoms with Gasteiger partial charge in [-0.2, -0.15) is 18.3 Å². The third kappa shape index (κ3) is 4.20. The maximum absolute atomic E-state index is 13.7. The van der Waals surface area contributed by atoms with Gasteiger partial charge in [0.1, 0.15) is 11.3 Å². The van der Waals surface area contributed by atoms with Crippen molar-refractivity contribution in [2.45, 2.75) is 45.4 Å². The minimum absolute atomic E-state index is 0.0614. The van der Waals surface area contributed by atoms with Crippen LogP contribution in [0.5, 0.6) is 0 Å². The molecule has 29 heavy (non-hydrogen) atoms. The minimum atomic E-state index is -4.81. The SMILES string of the molecule is CC(C)(C)OC(=O)N1CCCc2c1c(C(F)(F)F)nn2-c1cccc(C(=O)O)c1. The number of hydrogen-bond donors (Lipinski definition) is 1. The zero-order chi connectivity index (χ0) is 21.6. The molecule has 2 heterocycles. The average molecular weight is 411 g/mol. The number of halogens is 3. The van der Waals surface area contributed by atoms with E-state index in [-0.39, 0.29) is 35.6 Å². The number of alkyl halides is 3. The van der Waals surface area contributed by atoms with E-state index in [0.717, 1.165) is 9.58 Å². The second-order valence-electron chi connectivity index (χ2n) is 7.64. The molecule has 1 aliphatic heterocycles. The lowest BCUT2D eigenvalue weighted by atomic mass is 10.1. The molecule has 0 fully saturated rings. The van der Waals surface area contributed by atoms with Gasteiger partial charge in [0.25, 0.3) is 0 Å². The number of aromatic nitrogens is 2. The van der Waals surface area contributed by atoms with Crippen LogP contribution in [0.1, 0.15) is 48.9 Å². The molecule has 0 atom stereocenters. The largest absolute Gasteiger partial charge is 0.478 e. The van der Waals surface area contributed by atoms with Crippen molar-refractivity contribution in [1.82, 2.24) is 9.78 Å². The molecule has 0 bridgehead atoms. The fourth-order valence-corrected chi connectivity index (χ4v) is 3.14. The molecule has 1 aliphatic rings. The lowest BCUT2D eigenvalue weighted by Crippen LogP contribution is -2.40. The summed E-state index contributed by atoms with van der Waals surface area (Å²) in [5.41, 5.74) is -2.17. The predicted molar refractivity (Wildman–Crippen MR) is 97.4 cm³/mol. The highest BCUT2D eigenvalue weighted by Crippen LogP contribution is 2.42. The van der Waals surface area contributed by atoms with Gasteiger partial charge in [-0.05, 0) is 51.8 Å². The quantitative estimate of drug-likeness (QED) is 0.798. The van der Waals surface area contributed by atoms with E-state index < -0.39 is 29.5 Å². The fourth-order valence-electron chi connectivity index (χ4n) is 3.14. The Hall–Kier alpha value is -3.04. The normalized spacial score (nSPS) is 14.5. The Labute approximate surface area is 164 Å². The highest BCUT2D eigenvalue weighted by Gasteiger charge is 2.44. The zero-order valence-electron chi connectivity index (χ0n) is 16.1. The van der Waals surface area contributed by atoms with Gasteiger partial charge in [-0.1, -0.05) is 6.07 Å². The second-order valence-corrected chi connectivity index (χ2v) is 7.64. The molecule has 0 radical (unpaired) electrons. The number of carboxylic acid groups (broad SMARTS) is 1. The molecular formula is C19H20F3N3O4. The van der Waals surface area contributed by atoms with Crippen molar-refractivity contribution < 1.29 is 32.6 Å². The number of anilines is 1. The van der Waals surface area contributed by atoms with E-state index in [1.165, 1.54) is 24.3 Å². The number of hydrogen-bond acceptors (Lipinski definition) is 4. The first-order valence-electron chi connectivity index (χ1n) is 8.92. The Morgan fingerprint density at radius 3 is 2.48 bits per heavy atom. The Bertz CT molecular complexity index is 961. The van der Waals surface area contributed by atoms with Gasteiger partial charge in [-0.3, -0.25) is 4.90 Å². The zero-order valence-corrected chi connectivity index (χ0v) is 16.1. The number of nitrogens with zero attached hydrogens (tertiary/aromatic N) is 3. The average Bonchev–Trinajstić information content (AvgIpc) is 3.00. The molecule has 1 aromatic heterocycles. The number of ether oxygens (including phenoxy) is 1. The number of carboxylic acids is 1. The molecule has 0 unspecified atom stereocenters. The number of aromatic carboxylic acids is 1. The third-order valence-corrected chi connectivity index (χ3v) is 4.24. The van der Waals surface area contributed by atoms with Crippen LogP contribution < -0.4 is 4.90 Å². The van der Waals surface area contributed by atoms with Crippen LogP contribution in [0.2, 0.25) is 0 Å². The molecule has 0 saturated heterocycles. The first kappa shape index (κ1) is 20.7. The summed E-state index contributed by atoms with van der Waals surface area (Å²) < 4.78 is 47.5. The van der Waals surface area contributed by atoms with Crippen molar-refractivity contribution in [2.75, 3.05) is 11.4 Å². The smallest absolute Gasteiger partial charge is 0.437 e. The fraction of sp³-hybridized carbons (Fsp3) is 0.421. The van der Waals surface area contributed by atoms with Crippen molar-refractivity contribution in [3.63, 3.8) is 0 Å². The van der Waals surface area contributed by atoms with Gasteiger partial charge in [-0.25, -0.2) is 14.3 Å². The van der Waals surface area contributed by atoms with E-state index in [0.29, 0.717) is 6.42 Å². The third-order valence-electron chi connectivity index (χ3n) is 4.24. The van der Waals surface area contributed by atoms with Crippen molar-refractivity contribution in [3.05, 3.63) is 41.2 Å². The summed E-state index contributed by atoms with van der Waals surface area (Å²) in [6.07, 6.45) is -5.04. The van der Waals surface area contributed by atoms with Gasteiger partial charge in [0.15, 0.2) is 5.69 Å². The Balaban J connectivity index is 2.17. The van der Waals surface area contributed by atoms with Crippen LogP contribution in [0.25, 0.3) is 5.69 Å². The standard InChI is InChI=1S/C19H20F3N3O4/c1-18(2,3)29-17(28)24-9-5-8-13-14(24)15(19(20,21)22)23-25(13)12-7-4-6-11(10-12)16(26)27/h4,6-7,10H,5,8-9H2,1-3H3,(H,26,27). The molecular weight excluding hydrogens is 391 g/mol. The molecule has 0 spiro atoms. The predicted octanol–water partition coefficient (Wildman–Crippen LogP) is 4.28. The summed E-state index contributed by atoms with van der Waals surface area (Å²) in [5, 5.41) is 12.9. The van der Waals surface area contributed by atoms with Crippen molar-refractivity contribution >= 4 is 17.7 Å². The Morgan fingerprint density at radius 2 is 1.90 bits per heavy atom. The first-order valence-corrected chi connectivity index (χ1v) is 8.92. The van der Waals surface area contributed by atoms with E-state index >= 15 is 0 Å². The molecule has 156 valence electrons. The summed E-state index contributed by atoms with van der Waals surface area (Å²) in [5.74, 6) is -1.21. The van der Waals surface area contributed by atoms with Crippen LogP contribution in [-0.2, 0) is 17.3 Å². The number of carbonyl (C=O) groups is 2. The highest BCUT2D eigenvalue weighted by atomic mass is 19.4. The molecule has 1 aromatic carbocycles. The topological polar surface area (TPSA) is 84.7 Å². The van der Waals surface area contributed by atoms with Gasteiger partial charge in [0, 0.05) is 6.54 Å². The van der Waals surface area contributed by atoms with E-state index in [1.807, 2.05) is 0 Å². The number of carbonyl (C=O) groups excluding carboxylic acids is 1.